The Kier molecular flexibility index (Phi) is 6.38. The van der Waals surface area contributed by atoms with E-state index in [0.717, 1.165) is 33.4 Å². The van der Waals surface area contributed by atoms with Crippen molar-refractivity contribution >= 4 is 34.4 Å². The van der Waals surface area contributed by atoms with Crippen LogP contribution in [0.15, 0.2) is 102 Å². The number of nitrogens with zero attached hydrogens (tertiary/aromatic N) is 2. The maximum absolute atomic E-state index is 6.32. The molecule has 0 saturated heterocycles. The number of fused-ring (bicyclic) bond motifs is 1. The molecule has 0 fully saturated rings. The smallest absolute Gasteiger partial charge is 0.174 e. The van der Waals surface area contributed by atoms with Gasteiger partial charge in [0.2, 0.25) is 0 Å². The van der Waals surface area contributed by atoms with Gasteiger partial charge in [0.25, 0.3) is 0 Å². The van der Waals surface area contributed by atoms with E-state index < -0.39 is 0 Å². The molecule has 1 heterocycles. The van der Waals surface area contributed by atoms with Crippen molar-refractivity contribution in [2.24, 2.45) is 0 Å². The third-order valence-corrected chi connectivity index (χ3v) is 6.67. The molecule has 4 aromatic carbocycles. The SMILES string of the molecule is CCOc1ccc(-n2c(SCc3ccc(-c4ccccc4)cc3)nc3ccc(Cl)cc32)cc1. The van der Waals surface area contributed by atoms with E-state index in [1.807, 2.05) is 43.3 Å². The summed E-state index contributed by atoms with van der Waals surface area (Å²) in [5, 5.41) is 1.63. The third-order valence-electron chi connectivity index (χ3n) is 5.42. The van der Waals surface area contributed by atoms with Crippen LogP contribution in [0, 0.1) is 0 Å². The molecule has 33 heavy (non-hydrogen) atoms. The lowest BCUT2D eigenvalue weighted by Crippen LogP contribution is -1.98. The van der Waals surface area contributed by atoms with Crippen molar-refractivity contribution in [1.82, 2.24) is 9.55 Å². The normalized spacial score (nSPS) is 11.1. The van der Waals surface area contributed by atoms with Crippen molar-refractivity contribution in [1.29, 1.82) is 0 Å². The Bertz CT molecular complexity index is 1360. The zero-order chi connectivity index (χ0) is 22.6. The van der Waals surface area contributed by atoms with Gasteiger partial charge in [0.1, 0.15) is 5.75 Å². The number of rotatable bonds is 7. The van der Waals surface area contributed by atoms with Crippen LogP contribution < -0.4 is 4.74 Å². The van der Waals surface area contributed by atoms with Crippen LogP contribution in [-0.4, -0.2) is 16.2 Å². The molecule has 1 aromatic heterocycles. The van der Waals surface area contributed by atoms with Gasteiger partial charge in [-0.15, -0.1) is 0 Å². The summed E-state index contributed by atoms with van der Waals surface area (Å²) in [6.45, 7) is 2.63. The molecule has 0 atom stereocenters. The summed E-state index contributed by atoms with van der Waals surface area (Å²) in [7, 11) is 0. The van der Waals surface area contributed by atoms with E-state index in [2.05, 4.69) is 65.2 Å². The summed E-state index contributed by atoms with van der Waals surface area (Å²) in [4.78, 5) is 4.91. The Hall–Kier alpha value is -3.21. The maximum Gasteiger partial charge on any atom is 0.174 e. The van der Waals surface area contributed by atoms with Crippen LogP contribution in [0.5, 0.6) is 5.75 Å². The van der Waals surface area contributed by atoms with Crippen LogP contribution in [-0.2, 0) is 5.75 Å². The van der Waals surface area contributed by atoms with E-state index in [4.69, 9.17) is 21.3 Å². The second-order valence-corrected chi connectivity index (χ2v) is 9.02. The molecule has 0 bridgehead atoms. The van der Waals surface area contributed by atoms with Crippen LogP contribution in [0.2, 0.25) is 5.02 Å². The highest BCUT2D eigenvalue weighted by molar-refractivity contribution is 7.98. The average Bonchev–Trinajstić information content (AvgIpc) is 3.22. The first kappa shape index (κ1) is 21.6. The summed E-state index contributed by atoms with van der Waals surface area (Å²) < 4.78 is 7.78. The Balaban J connectivity index is 1.43. The maximum atomic E-state index is 6.32. The van der Waals surface area contributed by atoms with Crippen molar-refractivity contribution in [3.8, 4) is 22.6 Å². The largest absolute Gasteiger partial charge is 0.494 e. The first-order chi connectivity index (χ1) is 16.2. The molecule has 0 amide bonds. The molecule has 5 rings (SSSR count). The average molecular weight is 471 g/mol. The van der Waals surface area contributed by atoms with Crippen molar-refractivity contribution in [2.75, 3.05) is 6.61 Å². The van der Waals surface area contributed by atoms with E-state index in [1.54, 1.807) is 11.8 Å². The van der Waals surface area contributed by atoms with Crippen LogP contribution in [0.1, 0.15) is 12.5 Å². The molecule has 5 heteroatoms. The molecule has 0 N–H and O–H groups in total. The summed E-state index contributed by atoms with van der Waals surface area (Å²) in [5.74, 6) is 1.68. The monoisotopic (exact) mass is 470 g/mol. The number of halogens is 1. The minimum atomic E-state index is 0.646. The number of aromatic nitrogens is 2. The zero-order valence-corrected chi connectivity index (χ0v) is 19.8. The number of benzene rings is 4. The molecule has 0 aliphatic heterocycles. The number of thioether (sulfide) groups is 1. The van der Waals surface area contributed by atoms with Crippen LogP contribution >= 0.6 is 23.4 Å². The molecule has 5 aromatic rings. The minimum absolute atomic E-state index is 0.646. The van der Waals surface area contributed by atoms with Gasteiger partial charge in [-0.05, 0) is 66.1 Å². The van der Waals surface area contributed by atoms with Crippen LogP contribution in [0.25, 0.3) is 27.8 Å². The van der Waals surface area contributed by atoms with E-state index in [1.165, 1.54) is 16.7 Å². The lowest BCUT2D eigenvalue weighted by Gasteiger charge is -2.11. The van der Waals surface area contributed by atoms with Gasteiger partial charge in [0, 0.05) is 16.5 Å². The van der Waals surface area contributed by atoms with Gasteiger partial charge in [-0.3, -0.25) is 4.57 Å². The van der Waals surface area contributed by atoms with E-state index in [0.29, 0.717) is 11.6 Å². The van der Waals surface area contributed by atoms with Crippen molar-refractivity contribution in [3.05, 3.63) is 108 Å². The fourth-order valence-corrected chi connectivity index (χ4v) is 4.95. The van der Waals surface area contributed by atoms with Crippen molar-refractivity contribution < 1.29 is 4.74 Å². The molecular formula is C28H23ClN2OS. The van der Waals surface area contributed by atoms with Gasteiger partial charge in [-0.25, -0.2) is 4.98 Å². The standard InChI is InChI=1S/C28H23ClN2OS/c1-2-32-25-15-13-24(14-16-25)31-27-18-23(29)12-17-26(27)30-28(31)33-19-20-8-10-22(11-9-20)21-6-4-3-5-7-21/h3-18H,2,19H2,1H3. The van der Waals surface area contributed by atoms with Crippen molar-refractivity contribution in [3.63, 3.8) is 0 Å². The third kappa shape index (κ3) is 4.77. The Morgan fingerprint density at radius 2 is 1.58 bits per heavy atom. The van der Waals surface area contributed by atoms with E-state index in [9.17, 15) is 0 Å². The predicted molar refractivity (Wildman–Crippen MR) is 139 cm³/mol. The first-order valence-corrected chi connectivity index (χ1v) is 12.3. The Morgan fingerprint density at radius 1 is 0.848 bits per heavy atom. The number of ether oxygens (including phenoxy) is 1. The Morgan fingerprint density at radius 3 is 2.30 bits per heavy atom. The highest BCUT2D eigenvalue weighted by Crippen LogP contribution is 2.32. The van der Waals surface area contributed by atoms with Gasteiger partial charge < -0.3 is 4.74 Å². The number of imidazole rings is 1. The topological polar surface area (TPSA) is 27.1 Å². The molecular weight excluding hydrogens is 448 g/mol. The molecule has 164 valence electrons. The summed E-state index contributed by atoms with van der Waals surface area (Å²) in [6, 6.07) is 33.1. The Labute approximate surface area is 203 Å². The lowest BCUT2D eigenvalue weighted by molar-refractivity contribution is 0.340. The summed E-state index contributed by atoms with van der Waals surface area (Å²) in [6.07, 6.45) is 0. The van der Waals surface area contributed by atoms with Gasteiger partial charge in [0.15, 0.2) is 5.16 Å². The van der Waals surface area contributed by atoms with E-state index >= 15 is 0 Å². The molecule has 0 saturated carbocycles. The number of hydrogen-bond donors (Lipinski definition) is 0. The molecule has 0 spiro atoms. The molecule has 0 aliphatic carbocycles. The molecule has 0 unspecified atom stereocenters. The quantitative estimate of drug-likeness (QED) is 0.225. The molecule has 0 radical (unpaired) electrons. The van der Waals surface area contributed by atoms with Crippen LogP contribution in [0.3, 0.4) is 0 Å². The molecule has 3 nitrogen and oxygen atoms in total. The highest BCUT2D eigenvalue weighted by atomic mass is 35.5. The summed E-state index contributed by atoms with van der Waals surface area (Å²) >= 11 is 8.04. The van der Waals surface area contributed by atoms with Gasteiger partial charge >= 0.3 is 0 Å². The predicted octanol–water partition coefficient (Wildman–Crippen LogP) is 8.04. The molecule has 0 aliphatic rings. The second-order valence-electron chi connectivity index (χ2n) is 7.64. The fraction of sp³-hybridized carbons (Fsp3) is 0.107. The zero-order valence-electron chi connectivity index (χ0n) is 18.2. The van der Waals surface area contributed by atoms with Gasteiger partial charge in [0.05, 0.1) is 17.6 Å². The lowest BCUT2D eigenvalue weighted by atomic mass is 10.0. The van der Waals surface area contributed by atoms with Gasteiger partial charge in [-0.1, -0.05) is 78.0 Å². The second kappa shape index (κ2) is 9.74. The van der Waals surface area contributed by atoms with Gasteiger partial charge in [-0.2, -0.15) is 0 Å². The van der Waals surface area contributed by atoms with Crippen molar-refractivity contribution in [2.45, 2.75) is 17.8 Å². The minimum Gasteiger partial charge on any atom is -0.494 e. The number of hydrogen-bond acceptors (Lipinski definition) is 3. The fourth-order valence-electron chi connectivity index (χ4n) is 3.80. The van der Waals surface area contributed by atoms with Crippen LogP contribution in [0.4, 0.5) is 0 Å². The summed E-state index contributed by atoms with van der Waals surface area (Å²) in [5.41, 5.74) is 6.66. The highest BCUT2D eigenvalue weighted by Gasteiger charge is 2.14. The van der Waals surface area contributed by atoms with E-state index in [-0.39, 0.29) is 0 Å². The first-order valence-electron chi connectivity index (χ1n) is 10.9.